The maximum Gasteiger partial charge on any atom is 0.240 e. The number of benzene rings is 1. The third-order valence-electron chi connectivity index (χ3n) is 3.51. The van der Waals surface area contributed by atoms with E-state index in [-0.39, 0.29) is 22.2 Å². The highest BCUT2D eigenvalue weighted by Crippen LogP contribution is 2.14. The fourth-order valence-electron chi connectivity index (χ4n) is 2.32. The van der Waals surface area contributed by atoms with Crippen LogP contribution in [0, 0.1) is 0 Å². The lowest BCUT2D eigenvalue weighted by Crippen LogP contribution is -2.30. The molecule has 9 heteroatoms. The predicted molar refractivity (Wildman–Crippen MR) is 87.6 cm³/mol. The number of nitrogens with one attached hydrogen (secondary N) is 2. The van der Waals surface area contributed by atoms with Gasteiger partial charge in [0.15, 0.2) is 9.84 Å². The minimum atomic E-state index is -3.59. The predicted octanol–water partition coefficient (Wildman–Crippen LogP) is 0.932. The normalized spacial score (nSPS) is 18.9. The second kappa shape index (κ2) is 7.74. The number of hydrogen-bond donors (Lipinski definition) is 2. The van der Waals surface area contributed by atoms with Gasteiger partial charge in [-0.3, -0.25) is 0 Å². The van der Waals surface area contributed by atoms with Gasteiger partial charge in [0.2, 0.25) is 10.0 Å². The van der Waals surface area contributed by atoms with E-state index in [1.807, 2.05) is 0 Å². The van der Waals surface area contributed by atoms with Crippen molar-refractivity contribution >= 4 is 32.3 Å². The summed E-state index contributed by atoms with van der Waals surface area (Å²) in [6.07, 6.45) is 4.04. The van der Waals surface area contributed by atoms with Gasteiger partial charge in [-0.25, -0.2) is 21.6 Å². The first kappa shape index (κ1) is 19.4. The molecule has 0 aliphatic carbocycles. The van der Waals surface area contributed by atoms with E-state index >= 15 is 0 Å². The lowest BCUT2D eigenvalue weighted by atomic mass is 10.2. The van der Waals surface area contributed by atoms with Gasteiger partial charge in [-0.05, 0) is 50.1 Å². The smallest absolute Gasteiger partial charge is 0.240 e. The summed E-state index contributed by atoms with van der Waals surface area (Å²) >= 11 is 0. The summed E-state index contributed by atoms with van der Waals surface area (Å²) in [6, 6.07) is 5.62. The molecule has 2 N–H and O–H groups in total. The molecule has 0 spiro atoms. The van der Waals surface area contributed by atoms with Crippen LogP contribution in [0.4, 0.5) is 0 Å². The highest BCUT2D eigenvalue weighted by molar-refractivity contribution is 7.90. The second-order valence-corrected chi connectivity index (χ2v) is 9.01. The molecule has 126 valence electrons. The van der Waals surface area contributed by atoms with Crippen LogP contribution in [0.25, 0.3) is 0 Å². The molecule has 0 radical (unpaired) electrons. The molecule has 1 saturated heterocycles. The molecule has 22 heavy (non-hydrogen) atoms. The molecule has 0 amide bonds. The number of rotatable bonds is 6. The van der Waals surface area contributed by atoms with Gasteiger partial charge < -0.3 is 5.32 Å². The average molecular weight is 369 g/mol. The molecule has 1 aromatic carbocycles. The summed E-state index contributed by atoms with van der Waals surface area (Å²) in [6.45, 7) is 1.36. The van der Waals surface area contributed by atoms with Gasteiger partial charge in [-0.15, -0.1) is 12.4 Å². The molecule has 0 saturated carbocycles. The summed E-state index contributed by atoms with van der Waals surface area (Å²) in [4.78, 5) is 0.186. The van der Waals surface area contributed by atoms with Crippen molar-refractivity contribution < 1.29 is 16.8 Å². The average Bonchev–Trinajstić information content (AvgIpc) is 2.91. The lowest BCUT2D eigenvalue weighted by Gasteiger charge is -2.11. The highest BCUT2D eigenvalue weighted by Gasteiger charge is 2.17. The van der Waals surface area contributed by atoms with Crippen molar-refractivity contribution in [3.05, 3.63) is 24.3 Å². The van der Waals surface area contributed by atoms with E-state index in [0.29, 0.717) is 12.6 Å². The standard InChI is InChI=1S/C13H20N2O4S2.ClH/c1-20(16,17)12-4-6-13(7-5-12)21(18,19)15-10-8-11-3-2-9-14-11;/h4-7,11,14-15H,2-3,8-10H2,1H3;1H/t11-;/m1./s1. The molecular formula is C13H21ClN2O4S2. The second-order valence-electron chi connectivity index (χ2n) is 5.22. The topological polar surface area (TPSA) is 92.3 Å². The Morgan fingerprint density at radius 2 is 1.73 bits per heavy atom. The van der Waals surface area contributed by atoms with Crippen LogP contribution in [0.5, 0.6) is 0 Å². The Kier molecular flexibility index (Phi) is 6.82. The van der Waals surface area contributed by atoms with E-state index in [2.05, 4.69) is 10.0 Å². The Bertz CT molecular complexity index is 681. The van der Waals surface area contributed by atoms with E-state index in [9.17, 15) is 16.8 Å². The van der Waals surface area contributed by atoms with E-state index in [1.54, 1.807) is 0 Å². The first-order valence-electron chi connectivity index (χ1n) is 6.82. The Morgan fingerprint density at radius 3 is 2.23 bits per heavy atom. The van der Waals surface area contributed by atoms with Crippen molar-refractivity contribution in [3.63, 3.8) is 0 Å². The van der Waals surface area contributed by atoms with Crippen molar-refractivity contribution in [3.8, 4) is 0 Å². The fourth-order valence-corrected chi connectivity index (χ4v) is 4.00. The van der Waals surface area contributed by atoms with E-state index < -0.39 is 19.9 Å². The van der Waals surface area contributed by atoms with Crippen molar-refractivity contribution in [1.82, 2.24) is 10.0 Å². The molecule has 1 aromatic rings. The Morgan fingerprint density at radius 1 is 1.14 bits per heavy atom. The molecule has 0 aromatic heterocycles. The van der Waals surface area contributed by atoms with E-state index in [4.69, 9.17) is 0 Å². The maximum atomic E-state index is 12.1. The Labute approximate surface area is 138 Å². The summed E-state index contributed by atoms with van der Waals surface area (Å²) in [5.41, 5.74) is 0. The zero-order valence-corrected chi connectivity index (χ0v) is 14.7. The maximum absolute atomic E-state index is 12.1. The van der Waals surface area contributed by atoms with Crippen LogP contribution in [-0.2, 0) is 19.9 Å². The monoisotopic (exact) mass is 368 g/mol. The number of sulfone groups is 1. The van der Waals surface area contributed by atoms with Crippen molar-refractivity contribution in [2.45, 2.75) is 35.1 Å². The van der Waals surface area contributed by atoms with Gasteiger partial charge in [-0.1, -0.05) is 0 Å². The van der Waals surface area contributed by atoms with Crippen LogP contribution in [0.2, 0.25) is 0 Å². The largest absolute Gasteiger partial charge is 0.314 e. The van der Waals surface area contributed by atoms with E-state index in [0.717, 1.165) is 32.1 Å². The van der Waals surface area contributed by atoms with Crippen LogP contribution < -0.4 is 10.0 Å². The van der Waals surface area contributed by atoms with Gasteiger partial charge in [0.05, 0.1) is 9.79 Å². The van der Waals surface area contributed by atoms with Crippen molar-refractivity contribution in [2.24, 2.45) is 0 Å². The molecular weight excluding hydrogens is 348 g/mol. The van der Waals surface area contributed by atoms with Crippen LogP contribution in [0.3, 0.4) is 0 Å². The first-order valence-corrected chi connectivity index (χ1v) is 10.2. The zero-order chi connectivity index (χ0) is 15.5. The number of hydrogen-bond acceptors (Lipinski definition) is 5. The molecule has 1 heterocycles. The van der Waals surface area contributed by atoms with Crippen molar-refractivity contribution in [2.75, 3.05) is 19.3 Å². The highest BCUT2D eigenvalue weighted by atomic mass is 35.5. The molecule has 1 fully saturated rings. The van der Waals surface area contributed by atoms with Crippen LogP contribution in [0.15, 0.2) is 34.1 Å². The van der Waals surface area contributed by atoms with Crippen molar-refractivity contribution in [1.29, 1.82) is 0 Å². The summed E-state index contributed by atoms with van der Waals surface area (Å²) in [7, 11) is -6.90. The molecule has 1 aliphatic heterocycles. The fraction of sp³-hybridized carbons (Fsp3) is 0.538. The van der Waals surface area contributed by atoms with Crippen LogP contribution in [-0.4, -0.2) is 42.2 Å². The van der Waals surface area contributed by atoms with Crippen LogP contribution >= 0.6 is 12.4 Å². The van der Waals surface area contributed by atoms with Gasteiger partial charge in [0, 0.05) is 18.8 Å². The zero-order valence-electron chi connectivity index (χ0n) is 12.3. The lowest BCUT2D eigenvalue weighted by molar-refractivity contribution is 0.539. The molecule has 2 rings (SSSR count). The summed E-state index contributed by atoms with van der Waals surface area (Å²) in [5, 5.41) is 3.31. The summed E-state index contributed by atoms with van der Waals surface area (Å²) < 4.78 is 49.4. The van der Waals surface area contributed by atoms with Gasteiger partial charge in [0.1, 0.15) is 0 Å². The third-order valence-corrected chi connectivity index (χ3v) is 6.11. The number of sulfonamides is 1. The van der Waals surface area contributed by atoms with Crippen LogP contribution in [0.1, 0.15) is 19.3 Å². The SMILES string of the molecule is CS(=O)(=O)c1ccc(S(=O)(=O)NCC[C@H]2CCCN2)cc1.Cl. The van der Waals surface area contributed by atoms with Gasteiger partial charge in [0.25, 0.3) is 0 Å². The Hall–Kier alpha value is -0.670. The van der Waals surface area contributed by atoms with Gasteiger partial charge >= 0.3 is 0 Å². The molecule has 1 atom stereocenters. The number of halogens is 1. The minimum absolute atomic E-state index is 0. The molecule has 0 bridgehead atoms. The van der Waals surface area contributed by atoms with E-state index in [1.165, 1.54) is 24.3 Å². The Balaban J connectivity index is 0.00000242. The molecule has 0 unspecified atom stereocenters. The quantitative estimate of drug-likeness (QED) is 0.779. The summed E-state index contributed by atoms with van der Waals surface area (Å²) in [5.74, 6) is 0. The molecule has 6 nitrogen and oxygen atoms in total. The van der Waals surface area contributed by atoms with Gasteiger partial charge in [-0.2, -0.15) is 0 Å². The minimum Gasteiger partial charge on any atom is -0.314 e. The first-order chi connectivity index (χ1) is 9.79. The molecule has 1 aliphatic rings. The third kappa shape index (κ3) is 5.20.